The summed E-state index contributed by atoms with van der Waals surface area (Å²) in [5.74, 6) is 2.29. The normalized spacial score (nSPS) is 14.3. The number of methoxy groups -OCH3 is 1. The van der Waals surface area contributed by atoms with E-state index < -0.39 is 0 Å². The molecule has 1 aromatic heterocycles. The summed E-state index contributed by atoms with van der Waals surface area (Å²) in [5, 5.41) is 0.617. The maximum absolute atomic E-state index is 6.02. The predicted octanol–water partition coefficient (Wildman–Crippen LogP) is 3.87. The van der Waals surface area contributed by atoms with Gasteiger partial charge in [0.05, 0.1) is 21.9 Å². The zero-order valence-corrected chi connectivity index (χ0v) is 13.8. The van der Waals surface area contributed by atoms with Crippen LogP contribution in [0.3, 0.4) is 0 Å². The van der Waals surface area contributed by atoms with E-state index in [0.717, 1.165) is 14.8 Å². The minimum absolute atomic E-state index is 0.518. The van der Waals surface area contributed by atoms with Crippen molar-refractivity contribution in [3.63, 3.8) is 0 Å². The van der Waals surface area contributed by atoms with Crippen molar-refractivity contribution in [3.05, 3.63) is 32.5 Å². The van der Waals surface area contributed by atoms with Gasteiger partial charge in [0.2, 0.25) is 0 Å². The molecule has 1 saturated carbocycles. The van der Waals surface area contributed by atoms with E-state index in [4.69, 9.17) is 22.1 Å². The first-order valence-electron chi connectivity index (χ1n) is 6.27. The first kappa shape index (κ1) is 13.9. The van der Waals surface area contributed by atoms with Crippen LogP contribution in [0.15, 0.2) is 18.2 Å². The molecule has 0 radical (unpaired) electrons. The fourth-order valence-electron chi connectivity index (χ4n) is 2.08. The minimum Gasteiger partial charge on any atom is -0.496 e. The van der Waals surface area contributed by atoms with Crippen LogP contribution < -0.4 is 10.5 Å². The number of hydrogen-bond donors (Lipinski definition) is 1. The van der Waals surface area contributed by atoms with Crippen molar-refractivity contribution in [2.75, 3.05) is 12.8 Å². The van der Waals surface area contributed by atoms with Gasteiger partial charge in [-0.2, -0.15) is 0 Å². The number of nitrogen functional groups attached to an aromatic ring is 1. The third kappa shape index (κ3) is 2.56. The summed E-state index contributed by atoms with van der Waals surface area (Å²) in [5.41, 5.74) is 7.87. The molecule has 0 atom stereocenters. The second kappa shape index (κ2) is 5.37. The van der Waals surface area contributed by atoms with Crippen molar-refractivity contribution in [1.82, 2.24) is 9.97 Å². The third-order valence-corrected chi connectivity index (χ3v) is 4.61. The standard InChI is InChI=1S/C14H13ClIN3O/c1-20-10-6-8(15)4-5-9(10)14-18-12(7-2-3-7)11(16)13(17)19-14/h4-7H,2-3H2,1H3,(H2,17,18,19). The van der Waals surface area contributed by atoms with Gasteiger partial charge in [-0.1, -0.05) is 11.6 Å². The lowest BCUT2D eigenvalue weighted by Crippen LogP contribution is -2.05. The van der Waals surface area contributed by atoms with Gasteiger partial charge in [0.15, 0.2) is 5.82 Å². The number of nitrogens with zero attached hydrogens (tertiary/aromatic N) is 2. The van der Waals surface area contributed by atoms with Gasteiger partial charge in [-0.3, -0.25) is 0 Å². The molecule has 1 heterocycles. The fourth-order valence-corrected chi connectivity index (χ4v) is 2.92. The smallest absolute Gasteiger partial charge is 0.165 e. The minimum atomic E-state index is 0.518. The molecule has 104 valence electrons. The molecule has 6 heteroatoms. The lowest BCUT2D eigenvalue weighted by Gasteiger charge is -2.11. The van der Waals surface area contributed by atoms with E-state index in [1.807, 2.05) is 6.07 Å². The molecule has 3 rings (SSSR count). The molecule has 2 N–H and O–H groups in total. The lowest BCUT2D eigenvalue weighted by atomic mass is 10.1. The summed E-state index contributed by atoms with van der Waals surface area (Å²) in [6, 6.07) is 5.42. The predicted molar refractivity (Wildman–Crippen MR) is 88.1 cm³/mol. The van der Waals surface area contributed by atoms with Crippen LogP contribution in [0.2, 0.25) is 5.02 Å². The SMILES string of the molecule is COc1cc(Cl)ccc1-c1nc(N)c(I)c(C2CC2)n1. The number of ether oxygens (including phenoxy) is 1. The molecule has 2 aromatic rings. The van der Waals surface area contributed by atoms with E-state index in [2.05, 4.69) is 32.6 Å². The molecule has 1 aromatic carbocycles. The zero-order chi connectivity index (χ0) is 14.3. The average Bonchev–Trinajstić information content (AvgIpc) is 3.26. The van der Waals surface area contributed by atoms with Gasteiger partial charge in [0.1, 0.15) is 11.6 Å². The highest BCUT2D eigenvalue weighted by Crippen LogP contribution is 2.43. The molecule has 0 aliphatic heterocycles. The number of nitrogens with two attached hydrogens (primary N) is 1. The molecule has 0 amide bonds. The maximum Gasteiger partial charge on any atom is 0.165 e. The number of hydrogen-bond acceptors (Lipinski definition) is 4. The van der Waals surface area contributed by atoms with Crippen molar-refractivity contribution >= 4 is 40.0 Å². The molecule has 0 unspecified atom stereocenters. The van der Waals surface area contributed by atoms with Crippen LogP contribution in [0.1, 0.15) is 24.5 Å². The maximum atomic E-state index is 6.02. The van der Waals surface area contributed by atoms with Gasteiger partial charge in [-0.05, 0) is 53.6 Å². The summed E-state index contributed by atoms with van der Waals surface area (Å²) in [7, 11) is 1.60. The number of halogens is 2. The van der Waals surface area contributed by atoms with E-state index in [-0.39, 0.29) is 0 Å². The van der Waals surface area contributed by atoms with Crippen molar-refractivity contribution < 1.29 is 4.74 Å². The van der Waals surface area contributed by atoms with Crippen LogP contribution in [0, 0.1) is 3.57 Å². The molecule has 0 saturated heterocycles. The molecular weight excluding hydrogens is 389 g/mol. The van der Waals surface area contributed by atoms with Gasteiger partial charge >= 0.3 is 0 Å². The first-order chi connectivity index (χ1) is 9.60. The number of aromatic nitrogens is 2. The van der Waals surface area contributed by atoms with E-state index in [1.54, 1.807) is 19.2 Å². The number of rotatable bonds is 3. The summed E-state index contributed by atoms with van der Waals surface area (Å²) in [4.78, 5) is 9.07. The highest BCUT2D eigenvalue weighted by atomic mass is 127. The van der Waals surface area contributed by atoms with Crippen LogP contribution in [0.25, 0.3) is 11.4 Å². The van der Waals surface area contributed by atoms with Crippen molar-refractivity contribution in [3.8, 4) is 17.1 Å². The second-order valence-corrected chi connectivity index (χ2v) is 6.27. The van der Waals surface area contributed by atoms with Crippen LogP contribution in [0.5, 0.6) is 5.75 Å². The Morgan fingerprint density at radius 2 is 2.10 bits per heavy atom. The first-order valence-corrected chi connectivity index (χ1v) is 7.72. The molecule has 1 fully saturated rings. The number of benzene rings is 1. The molecular formula is C14H13ClIN3O. The highest BCUT2D eigenvalue weighted by Gasteiger charge is 2.29. The van der Waals surface area contributed by atoms with E-state index in [9.17, 15) is 0 Å². The van der Waals surface area contributed by atoms with Crippen molar-refractivity contribution in [2.24, 2.45) is 0 Å². The largest absolute Gasteiger partial charge is 0.496 e. The van der Waals surface area contributed by atoms with Gasteiger partial charge in [-0.25, -0.2) is 9.97 Å². The topological polar surface area (TPSA) is 61.0 Å². The Balaban J connectivity index is 2.15. The molecule has 0 spiro atoms. The number of anilines is 1. The summed E-state index contributed by atoms with van der Waals surface area (Å²) in [6.45, 7) is 0. The van der Waals surface area contributed by atoms with Crippen LogP contribution >= 0.6 is 34.2 Å². The summed E-state index contributed by atoms with van der Waals surface area (Å²) < 4.78 is 6.32. The van der Waals surface area contributed by atoms with E-state index in [0.29, 0.717) is 28.3 Å². The summed E-state index contributed by atoms with van der Waals surface area (Å²) >= 11 is 8.20. The Kier molecular flexibility index (Phi) is 3.72. The lowest BCUT2D eigenvalue weighted by molar-refractivity contribution is 0.416. The van der Waals surface area contributed by atoms with Gasteiger partial charge in [0, 0.05) is 10.9 Å². The van der Waals surface area contributed by atoms with Gasteiger partial charge in [-0.15, -0.1) is 0 Å². The monoisotopic (exact) mass is 401 g/mol. The Labute approximate surface area is 135 Å². The molecule has 4 nitrogen and oxygen atoms in total. The van der Waals surface area contributed by atoms with E-state index in [1.165, 1.54) is 12.8 Å². The fraction of sp³-hybridized carbons (Fsp3) is 0.286. The molecule has 1 aliphatic rings. The quantitative estimate of drug-likeness (QED) is 0.793. The highest BCUT2D eigenvalue weighted by molar-refractivity contribution is 14.1. The Bertz CT molecular complexity index is 674. The zero-order valence-electron chi connectivity index (χ0n) is 10.9. The van der Waals surface area contributed by atoms with Crippen LogP contribution in [-0.2, 0) is 0 Å². The Hall–Kier alpha value is -1.08. The van der Waals surface area contributed by atoms with Crippen LogP contribution in [0.4, 0.5) is 5.82 Å². The Morgan fingerprint density at radius 1 is 1.35 bits per heavy atom. The van der Waals surface area contributed by atoms with E-state index >= 15 is 0 Å². The average molecular weight is 402 g/mol. The molecule has 20 heavy (non-hydrogen) atoms. The van der Waals surface area contributed by atoms with Gasteiger partial charge < -0.3 is 10.5 Å². The molecule has 1 aliphatic carbocycles. The third-order valence-electron chi connectivity index (χ3n) is 3.27. The van der Waals surface area contributed by atoms with Gasteiger partial charge in [0.25, 0.3) is 0 Å². The van der Waals surface area contributed by atoms with Crippen LogP contribution in [-0.4, -0.2) is 17.1 Å². The van der Waals surface area contributed by atoms with Crippen molar-refractivity contribution in [1.29, 1.82) is 0 Å². The van der Waals surface area contributed by atoms with Crippen molar-refractivity contribution in [2.45, 2.75) is 18.8 Å². The summed E-state index contributed by atoms with van der Waals surface area (Å²) in [6.07, 6.45) is 2.34. The second-order valence-electron chi connectivity index (χ2n) is 4.75. The molecule has 0 bridgehead atoms. The Morgan fingerprint density at radius 3 is 2.75 bits per heavy atom.